The molecule has 1 aromatic carbocycles. The monoisotopic (exact) mass is 332 g/mol. The first-order valence-corrected chi connectivity index (χ1v) is 8.56. The molecule has 1 aromatic rings. The number of amides is 2. The summed E-state index contributed by atoms with van der Waals surface area (Å²) in [5.74, 6) is -0.130. The van der Waals surface area contributed by atoms with Crippen LogP contribution in [0.15, 0.2) is 24.3 Å². The summed E-state index contributed by atoms with van der Waals surface area (Å²) >= 11 is 0. The smallest absolute Gasteiger partial charge is 0.408 e. The number of ether oxygens (including phenoxy) is 1. The third-order valence-corrected chi connectivity index (χ3v) is 4.33. The van der Waals surface area contributed by atoms with Crippen molar-refractivity contribution in [2.45, 2.75) is 71.1 Å². The van der Waals surface area contributed by atoms with Gasteiger partial charge in [0, 0.05) is 6.54 Å². The highest BCUT2D eigenvalue weighted by Crippen LogP contribution is 2.30. The first-order valence-electron chi connectivity index (χ1n) is 8.56. The zero-order chi connectivity index (χ0) is 17.8. The molecule has 5 heteroatoms. The zero-order valence-electron chi connectivity index (χ0n) is 15.1. The van der Waals surface area contributed by atoms with Gasteiger partial charge in [-0.2, -0.15) is 0 Å². The Morgan fingerprint density at radius 1 is 1.17 bits per heavy atom. The van der Waals surface area contributed by atoms with Crippen LogP contribution in [0.4, 0.5) is 4.79 Å². The van der Waals surface area contributed by atoms with E-state index in [0.717, 1.165) is 24.0 Å². The van der Waals surface area contributed by atoms with Gasteiger partial charge >= 0.3 is 6.09 Å². The third kappa shape index (κ3) is 4.73. The van der Waals surface area contributed by atoms with Gasteiger partial charge in [-0.1, -0.05) is 37.1 Å². The summed E-state index contributed by atoms with van der Waals surface area (Å²) in [5, 5.41) is 5.81. The lowest BCUT2D eigenvalue weighted by Crippen LogP contribution is -2.57. The maximum atomic E-state index is 12.8. The van der Waals surface area contributed by atoms with Gasteiger partial charge in [0.15, 0.2) is 0 Å². The lowest BCUT2D eigenvalue weighted by molar-refractivity contribution is -0.127. The van der Waals surface area contributed by atoms with E-state index in [0.29, 0.717) is 19.4 Å². The molecule has 2 N–H and O–H groups in total. The van der Waals surface area contributed by atoms with Crippen molar-refractivity contribution in [1.29, 1.82) is 0 Å². The largest absolute Gasteiger partial charge is 0.444 e. The van der Waals surface area contributed by atoms with Gasteiger partial charge in [0.2, 0.25) is 5.91 Å². The van der Waals surface area contributed by atoms with Crippen molar-refractivity contribution >= 4 is 12.0 Å². The van der Waals surface area contributed by atoms with Gasteiger partial charge in [0.05, 0.1) is 0 Å². The van der Waals surface area contributed by atoms with Crippen molar-refractivity contribution in [3.8, 4) is 0 Å². The average Bonchev–Trinajstić information content (AvgIpc) is 2.93. The van der Waals surface area contributed by atoms with E-state index in [1.807, 2.05) is 52.0 Å². The topological polar surface area (TPSA) is 67.4 Å². The van der Waals surface area contributed by atoms with Crippen LogP contribution in [0.3, 0.4) is 0 Å². The van der Waals surface area contributed by atoms with Crippen molar-refractivity contribution in [2.24, 2.45) is 0 Å². The second kappa shape index (κ2) is 7.24. The van der Waals surface area contributed by atoms with Gasteiger partial charge in [-0.3, -0.25) is 4.79 Å². The molecule has 1 saturated carbocycles. The molecule has 5 nitrogen and oxygen atoms in total. The van der Waals surface area contributed by atoms with Crippen molar-refractivity contribution in [3.05, 3.63) is 35.4 Å². The molecular formula is C19H28N2O3. The zero-order valence-corrected chi connectivity index (χ0v) is 15.1. The maximum absolute atomic E-state index is 12.8. The molecule has 0 unspecified atom stereocenters. The van der Waals surface area contributed by atoms with Crippen LogP contribution in [0.2, 0.25) is 0 Å². The molecule has 0 aliphatic heterocycles. The fourth-order valence-corrected chi connectivity index (χ4v) is 3.04. The number of alkyl carbamates (subject to hydrolysis) is 1. The van der Waals surface area contributed by atoms with Crippen molar-refractivity contribution in [1.82, 2.24) is 10.6 Å². The highest BCUT2D eigenvalue weighted by Gasteiger charge is 2.43. The quantitative estimate of drug-likeness (QED) is 0.887. The second-order valence-electron chi connectivity index (χ2n) is 7.53. The summed E-state index contributed by atoms with van der Waals surface area (Å²) in [7, 11) is 0. The predicted octanol–water partition coefficient (Wildman–Crippen LogP) is 3.45. The summed E-state index contributed by atoms with van der Waals surface area (Å²) in [6, 6.07) is 7.95. The Balaban J connectivity index is 2.02. The average molecular weight is 332 g/mol. The molecule has 0 atom stereocenters. The van der Waals surface area contributed by atoms with E-state index in [-0.39, 0.29) is 5.91 Å². The predicted molar refractivity (Wildman–Crippen MR) is 93.6 cm³/mol. The summed E-state index contributed by atoms with van der Waals surface area (Å²) < 4.78 is 5.33. The number of carbonyl (C=O) groups is 2. The van der Waals surface area contributed by atoms with Crippen LogP contribution < -0.4 is 10.6 Å². The summed E-state index contributed by atoms with van der Waals surface area (Å²) in [6.07, 6.45) is 2.61. The number of carbonyl (C=O) groups excluding carboxylic acids is 2. The molecule has 0 bridgehead atoms. The number of hydrogen-bond acceptors (Lipinski definition) is 3. The minimum Gasteiger partial charge on any atom is -0.444 e. The standard InChI is InChI=1S/C19H28N2O3/c1-14-9-5-6-10-15(14)13-20-16(22)19(11-7-8-12-19)21-17(23)24-18(2,3)4/h5-6,9-10H,7-8,11-13H2,1-4H3,(H,20,22)(H,21,23). The van der Waals surface area contributed by atoms with Crippen LogP contribution in [0.25, 0.3) is 0 Å². The van der Waals surface area contributed by atoms with Gasteiger partial charge in [0.25, 0.3) is 0 Å². The van der Waals surface area contributed by atoms with Crippen LogP contribution in [-0.2, 0) is 16.1 Å². The summed E-state index contributed by atoms with van der Waals surface area (Å²) in [5.41, 5.74) is 0.779. The second-order valence-corrected chi connectivity index (χ2v) is 7.53. The highest BCUT2D eigenvalue weighted by molar-refractivity contribution is 5.90. The molecule has 1 fully saturated rings. The van der Waals surface area contributed by atoms with Gasteiger partial charge in [-0.05, 0) is 51.7 Å². The molecule has 132 valence electrons. The Morgan fingerprint density at radius 3 is 2.38 bits per heavy atom. The SMILES string of the molecule is Cc1ccccc1CNC(=O)C1(NC(=O)OC(C)(C)C)CCCC1. The Bertz CT molecular complexity index is 599. The molecule has 0 heterocycles. The van der Waals surface area contributed by atoms with Crippen LogP contribution in [-0.4, -0.2) is 23.1 Å². The lowest BCUT2D eigenvalue weighted by Gasteiger charge is -2.30. The van der Waals surface area contributed by atoms with Crippen LogP contribution in [0, 0.1) is 6.92 Å². The van der Waals surface area contributed by atoms with E-state index in [1.165, 1.54) is 0 Å². The van der Waals surface area contributed by atoms with E-state index in [4.69, 9.17) is 4.74 Å². The van der Waals surface area contributed by atoms with E-state index in [2.05, 4.69) is 10.6 Å². The van der Waals surface area contributed by atoms with Crippen molar-refractivity contribution < 1.29 is 14.3 Å². The number of aryl methyl sites for hydroxylation is 1. The van der Waals surface area contributed by atoms with E-state index >= 15 is 0 Å². The van der Waals surface area contributed by atoms with Crippen molar-refractivity contribution in [3.63, 3.8) is 0 Å². The molecule has 0 spiro atoms. The molecule has 1 aliphatic rings. The first kappa shape index (κ1) is 18.3. The molecule has 2 rings (SSSR count). The van der Waals surface area contributed by atoms with Crippen molar-refractivity contribution in [2.75, 3.05) is 0 Å². The number of hydrogen-bond donors (Lipinski definition) is 2. The number of benzene rings is 1. The van der Waals surface area contributed by atoms with E-state index in [1.54, 1.807) is 0 Å². The molecular weight excluding hydrogens is 304 g/mol. The number of rotatable bonds is 4. The highest BCUT2D eigenvalue weighted by atomic mass is 16.6. The third-order valence-electron chi connectivity index (χ3n) is 4.33. The Morgan fingerprint density at radius 2 is 1.79 bits per heavy atom. The minimum absolute atomic E-state index is 0.130. The van der Waals surface area contributed by atoms with Gasteiger partial charge in [-0.15, -0.1) is 0 Å². The molecule has 0 radical (unpaired) electrons. The van der Waals surface area contributed by atoms with Crippen LogP contribution in [0.1, 0.15) is 57.6 Å². The molecule has 2 amide bonds. The number of nitrogens with one attached hydrogen (secondary N) is 2. The molecule has 24 heavy (non-hydrogen) atoms. The fourth-order valence-electron chi connectivity index (χ4n) is 3.04. The molecule has 0 saturated heterocycles. The summed E-state index contributed by atoms with van der Waals surface area (Å²) in [6.45, 7) is 7.92. The Hall–Kier alpha value is -2.04. The van der Waals surface area contributed by atoms with Gasteiger partial charge in [0.1, 0.15) is 11.1 Å². The Kier molecular flexibility index (Phi) is 5.52. The normalized spacial score (nSPS) is 16.5. The van der Waals surface area contributed by atoms with Crippen LogP contribution in [0.5, 0.6) is 0 Å². The lowest BCUT2D eigenvalue weighted by atomic mass is 9.96. The summed E-state index contributed by atoms with van der Waals surface area (Å²) in [4.78, 5) is 24.9. The molecule has 1 aliphatic carbocycles. The Labute approximate surface area is 144 Å². The minimum atomic E-state index is -0.856. The fraction of sp³-hybridized carbons (Fsp3) is 0.579. The van der Waals surface area contributed by atoms with Gasteiger partial charge in [-0.25, -0.2) is 4.79 Å². The first-order chi connectivity index (χ1) is 11.2. The van der Waals surface area contributed by atoms with Crippen LogP contribution >= 0.6 is 0 Å². The van der Waals surface area contributed by atoms with Gasteiger partial charge < -0.3 is 15.4 Å². The maximum Gasteiger partial charge on any atom is 0.408 e. The van der Waals surface area contributed by atoms with E-state index in [9.17, 15) is 9.59 Å². The molecule has 0 aromatic heterocycles. The van der Waals surface area contributed by atoms with E-state index < -0.39 is 17.2 Å².